The van der Waals surface area contributed by atoms with Crippen molar-refractivity contribution in [2.24, 2.45) is 0 Å². The highest BCUT2D eigenvalue weighted by molar-refractivity contribution is 6.31. The predicted molar refractivity (Wildman–Crippen MR) is 72.0 cm³/mol. The molecule has 1 unspecified atom stereocenters. The number of amides is 1. The first kappa shape index (κ1) is 11.5. The van der Waals surface area contributed by atoms with Gasteiger partial charge in [-0.3, -0.25) is 9.59 Å². The first-order valence-electron chi connectivity index (χ1n) is 6.07. The predicted octanol–water partition coefficient (Wildman–Crippen LogP) is 2.51. The number of carbonyl (C=O) groups excluding carboxylic acids is 2. The summed E-state index contributed by atoms with van der Waals surface area (Å²) < 4.78 is 5.78. The van der Waals surface area contributed by atoms with E-state index in [1.165, 1.54) is 0 Å². The van der Waals surface area contributed by atoms with E-state index in [1.807, 2.05) is 0 Å². The molecule has 98 valence electrons. The lowest BCUT2D eigenvalue weighted by atomic mass is 9.96. The number of benzene rings is 2. The highest BCUT2D eigenvalue weighted by Gasteiger charge is 2.56. The van der Waals surface area contributed by atoms with E-state index in [4.69, 9.17) is 16.3 Å². The molecule has 20 heavy (non-hydrogen) atoms. The number of nitrogens with one attached hydrogen (secondary N) is 1. The zero-order chi connectivity index (χ0) is 13.9. The highest BCUT2D eigenvalue weighted by atomic mass is 35.5. The SMILES string of the molecule is O=C1NC2(Oc3ccc(Cl)cc3C2=O)c2ccccc21. The molecule has 0 aromatic heterocycles. The number of hydrogen-bond donors (Lipinski definition) is 1. The lowest BCUT2D eigenvalue weighted by molar-refractivity contribution is 0.0414. The normalized spacial score (nSPS) is 22.4. The fourth-order valence-corrected chi connectivity index (χ4v) is 2.88. The third kappa shape index (κ3) is 1.26. The summed E-state index contributed by atoms with van der Waals surface area (Å²) in [7, 11) is 0. The molecule has 0 fully saturated rings. The second kappa shape index (κ2) is 3.61. The smallest absolute Gasteiger partial charge is 0.274 e. The van der Waals surface area contributed by atoms with Crippen LogP contribution in [0.2, 0.25) is 5.02 Å². The molecule has 4 rings (SSSR count). The van der Waals surface area contributed by atoms with Gasteiger partial charge in [-0.2, -0.15) is 0 Å². The minimum absolute atomic E-state index is 0.298. The molecule has 0 bridgehead atoms. The Bertz CT molecular complexity index is 786. The topological polar surface area (TPSA) is 55.4 Å². The Balaban J connectivity index is 1.94. The average Bonchev–Trinajstić information content (AvgIpc) is 2.89. The van der Waals surface area contributed by atoms with Crippen LogP contribution >= 0.6 is 11.6 Å². The molecule has 0 aliphatic carbocycles. The number of ether oxygens (including phenoxy) is 1. The van der Waals surface area contributed by atoms with Crippen LogP contribution in [0.3, 0.4) is 0 Å². The van der Waals surface area contributed by atoms with Crippen molar-refractivity contribution in [2.45, 2.75) is 5.72 Å². The summed E-state index contributed by atoms with van der Waals surface area (Å²) in [5.74, 6) is -0.183. The van der Waals surface area contributed by atoms with Crippen LogP contribution in [0.15, 0.2) is 42.5 Å². The molecule has 0 saturated heterocycles. The minimum Gasteiger partial charge on any atom is -0.455 e. The van der Waals surface area contributed by atoms with Crippen LogP contribution in [0.5, 0.6) is 5.75 Å². The molecule has 1 atom stereocenters. The van der Waals surface area contributed by atoms with Crippen LogP contribution in [0.1, 0.15) is 26.3 Å². The Labute approximate surface area is 119 Å². The Kier molecular flexibility index (Phi) is 2.07. The number of rotatable bonds is 0. The van der Waals surface area contributed by atoms with Crippen molar-refractivity contribution in [3.63, 3.8) is 0 Å². The van der Waals surface area contributed by atoms with Crippen LogP contribution in [-0.2, 0) is 5.72 Å². The second-order valence-corrected chi connectivity index (χ2v) is 5.19. The molecular weight excluding hydrogens is 278 g/mol. The van der Waals surface area contributed by atoms with Crippen molar-refractivity contribution in [2.75, 3.05) is 0 Å². The summed E-state index contributed by atoms with van der Waals surface area (Å²) in [5, 5.41) is 3.11. The molecule has 0 radical (unpaired) electrons. The van der Waals surface area contributed by atoms with E-state index in [-0.39, 0.29) is 11.7 Å². The van der Waals surface area contributed by atoms with Gasteiger partial charge in [-0.25, -0.2) is 0 Å². The fraction of sp³-hybridized carbons (Fsp3) is 0.0667. The van der Waals surface area contributed by atoms with E-state index >= 15 is 0 Å². The Morgan fingerprint density at radius 3 is 2.70 bits per heavy atom. The van der Waals surface area contributed by atoms with E-state index in [0.717, 1.165) is 0 Å². The van der Waals surface area contributed by atoms with Gasteiger partial charge in [0.1, 0.15) is 5.75 Å². The zero-order valence-corrected chi connectivity index (χ0v) is 10.9. The molecule has 2 aliphatic heterocycles. The van der Waals surface area contributed by atoms with Crippen LogP contribution in [0, 0.1) is 0 Å². The van der Waals surface area contributed by atoms with Crippen molar-refractivity contribution < 1.29 is 14.3 Å². The van der Waals surface area contributed by atoms with Gasteiger partial charge >= 0.3 is 0 Å². The maximum atomic E-state index is 12.7. The van der Waals surface area contributed by atoms with Crippen LogP contribution < -0.4 is 10.1 Å². The van der Waals surface area contributed by atoms with Gasteiger partial charge in [-0.15, -0.1) is 0 Å². The lowest BCUT2D eigenvalue weighted by Gasteiger charge is -2.22. The summed E-state index contributed by atoms with van der Waals surface area (Å²) in [6, 6.07) is 11.8. The first-order valence-corrected chi connectivity index (χ1v) is 6.45. The van der Waals surface area contributed by atoms with E-state index in [1.54, 1.807) is 42.5 Å². The number of ketones is 1. The number of carbonyl (C=O) groups is 2. The van der Waals surface area contributed by atoms with Gasteiger partial charge in [0.2, 0.25) is 5.78 Å². The van der Waals surface area contributed by atoms with Crippen molar-refractivity contribution in [1.29, 1.82) is 0 Å². The van der Waals surface area contributed by atoms with E-state index in [0.29, 0.717) is 27.5 Å². The van der Waals surface area contributed by atoms with E-state index in [9.17, 15) is 9.59 Å². The number of hydrogen-bond acceptors (Lipinski definition) is 3. The lowest BCUT2D eigenvalue weighted by Crippen LogP contribution is -2.47. The average molecular weight is 286 g/mol. The van der Waals surface area contributed by atoms with Crippen LogP contribution in [0.25, 0.3) is 0 Å². The molecule has 0 saturated carbocycles. The molecule has 2 heterocycles. The van der Waals surface area contributed by atoms with Gasteiger partial charge < -0.3 is 10.1 Å². The molecule has 1 spiro atoms. The first-order chi connectivity index (χ1) is 9.62. The zero-order valence-electron chi connectivity index (χ0n) is 10.1. The standard InChI is InChI=1S/C15H8ClNO3/c16-8-5-6-12-10(7-8)13(18)15(20-12)11-4-2-1-3-9(11)14(19)17-15/h1-7H,(H,17,19). The third-order valence-corrected chi connectivity index (χ3v) is 3.84. The summed E-state index contributed by atoms with van der Waals surface area (Å²) in [4.78, 5) is 24.7. The summed E-state index contributed by atoms with van der Waals surface area (Å²) in [6.45, 7) is 0. The fourth-order valence-electron chi connectivity index (χ4n) is 2.71. The van der Waals surface area contributed by atoms with Gasteiger partial charge in [0.15, 0.2) is 0 Å². The molecule has 1 N–H and O–H groups in total. The summed E-state index contributed by atoms with van der Waals surface area (Å²) >= 11 is 5.92. The third-order valence-electron chi connectivity index (χ3n) is 3.61. The van der Waals surface area contributed by atoms with Crippen molar-refractivity contribution in [1.82, 2.24) is 5.32 Å². The second-order valence-electron chi connectivity index (χ2n) is 4.75. The molecule has 1 amide bonds. The maximum absolute atomic E-state index is 12.7. The van der Waals surface area contributed by atoms with Crippen molar-refractivity contribution in [3.8, 4) is 5.75 Å². The summed E-state index contributed by atoms with van der Waals surface area (Å²) in [5.41, 5.74) is -0.0580. The number of fused-ring (bicyclic) bond motifs is 3. The van der Waals surface area contributed by atoms with E-state index in [2.05, 4.69) is 5.32 Å². The van der Waals surface area contributed by atoms with Gasteiger partial charge in [0, 0.05) is 16.1 Å². The summed E-state index contributed by atoms with van der Waals surface area (Å²) in [6.07, 6.45) is 0. The molecule has 2 aliphatic rings. The van der Waals surface area contributed by atoms with Crippen LogP contribution in [0.4, 0.5) is 0 Å². The minimum atomic E-state index is -1.44. The Morgan fingerprint density at radius 1 is 1.05 bits per heavy atom. The maximum Gasteiger partial charge on any atom is 0.274 e. The van der Waals surface area contributed by atoms with Gasteiger partial charge in [0.05, 0.1) is 5.56 Å². The Morgan fingerprint density at radius 2 is 1.85 bits per heavy atom. The largest absolute Gasteiger partial charge is 0.455 e. The van der Waals surface area contributed by atoms with Gasteiger partial charge in [-0.05, 0) is 24.3 Å². The van der Waals surface area contributed by atoms with Crippen molar-refractivity contribution in [3.05, 3.63) is 64.2 Å². The molecule has 2 aromatic carbocycles. The molecule has 5 heteroatoms. The quantitative estimate of drug-likeness (QED) is 0.809. The monoisotopic (exact) mass is 285 g/mol. The van der Waals surface area contributed by atoms with Crippen molar-refractivity contribution >= 4 is 23.3 Å². The van der Waals surface area contributed by atoms with E-state index < -0.39 is 5.72 Å². The van der Waals surface area contributed by atoms with Gasteiger partial charge in [-0.1, -0.05) is 29.8 Å². The van der Waals surface area contributed by atoms with Crippen LogP contribution in [-0.4, -0.2) is 11.7 Å². The molecular formula is C15H8ClNO3. The number of halogens is 1. The highest BCUT2D eigenvalue weighted by Crippen LogP contribution is 2.44. The molecule has 2 aromatic rings. The Hall–Kier alpha value is -2.33. The van der Waals surface area contributed by atoms with Gasteiger partial charge in [0.25, 0.3) is 11.6 Å². The molecule has 4 nitrogen and oxygen atoms in total. The number of Topliss-reactive ketones (excluding diaryl/α,β-unsaturated/α-hetero) is 1.